The van der Waals surface area contributed by atoms with Crippen LogP contribution in [-0.2, 0) is 0 Å². The summed E-state index contributed by atoms with van der Waals surface area (Å²) >= 11 is 0. The summed E-state index contributed by atoms with van der Waals surface area (Å²) in [6.45, 7) is 3.86. The number of carbonyl (C=O) groups is 1. The van der Waals surface area contributed by atoms with Gasteiger partial charge in [0.15, 0.2) is 0 Å². The molecule has 0 saturated heterocycles. The molecule has 1 heterocycles. The molecule has 0 aliphatic rings. The van der Waals surface area contributed by atoms with Gasteiger partial charge in [0, 0.05) is 12.4 Å². The molecule has 0 unspecified atom stereocenters. The first-order chi connectivity index (χ1) is 9.16. The molecule has 1 amide bonds. The standard InChI is InChI=1S/C14H15N3O2/c1-10(2)19-13-6-4-3-5-11(13)17-14(18)12-9-15-7-8-16-12/h3-10H,1-2H3,(H,17,18). The Hall–Kier alpha value is -2.43. The fourth-order valence-corrected chi connectivity index (χ4v) is 1.53. The molecule has 0 aliphatic carbocycles. The first-order valence-corrected chi connectivity index (χ1v) is 6.00. The molecule has 0 radical (unpaired) electrons. The van der Waals surface area contributed by atoms with Crippen LogP contribution in [-0.4, -0.2) is 22.0 Å². The van der Waals surface area contributed by atoms with Crippen molar-refractivity contribution in [2.45, 2.75) is 20.0 Å². The van der Waals surface area contributed by atoms with Gasteiger partial charge in [0.05, 0.1) is 18.0 Å². The number of para-hydroxylation sites is 2. The highest BCUT2D eigenvalue weighted by atomic mass is 16.5. The zero-order valence-electron chi connectivity index (χ0n) is 10.8. The predicted octanol–water partition coefficient (Wildman–Crippen LogP) is 2.52. The van der Waals surface area contributed by atoms with Crippen molar-refractivity contribution < 1.29 is 9.53 Å². The summed E-state index contributed by atoms with van der Waals surface area (Å²) in [4.78, 5) is 19.8. The van der Waals surface area contributed by atoms with Gasteiger partial charge in [-0.05, 0) is 26.0 Å². The maximum absolute atomic E-state index is 12.0. The smallest absolute Gasteiger partial charge is 0.275 e. The highest BCUT2D eigenvalue weighted by Gasteiger charge is 2.11. The molecule has 0 saturated carbocycles. The van der Waals surface area contributed by atoms with E-state index < -0.39 is 0 Å². The second kappa shape index (κ2) is 5.95. The number of amides is 1. The third kappa shape index (κ3) is 3.51. The summed E-state index contributed by atoms with van der Waals surface area (Å²) in [6.07, 6.45) is 4.45. The van der Waals surface area contributed by atoms with Crippen LogP contribution in [0, 0.1) is 0 Å². The van der Waals surface area contributed by atoms with Crippen molar-refractivity contribution in [3.8, 4) is 5.75 Å². The van der Waals surface area contributed by atoms with Crippen LogP contribution in [0.15, 0.2) is 42.9 Å². The molecule has 0 atom stereocenters. The summed E-state index contributed by atoms with van der Waals surface area (Å²) in [7, 11) is 0. The topological polar surface area (TPSA) is 64.1 Å². The predicted molar refractivity (Wildman–Crippen MR) is 72.2 cm³/mol. The molecule has 2 rings (SSSR count). The van der Waals surface area contributed by atoms with E-state index in [9.17, 15) is 4.79 Å². The Morgan fingerprint density at radius 3 is 2.74 bits per heavy atom. The number of ether oxygens (including phenoxy) is 1. The quantitative estimate of drug-likeness (QED) is 0.914. The van der Waals surface area contributed by atoms with Gasteiger partial charge in [-0.25, -0.2) is 4.98 Å². The third-order valence-electron chi connectivity index (χ3n) is 2.29. The second-order valence-corrected chi connectivity index (χ2v) is 4.21. The van der Waals surface area contributed by atoms with Crippen molar-refractivity contribution in [1.29, 1.82) is 0 Å². The highest BCUT2D eigenvalue weighted by Crippen LogP contribution is 2.25. The van der Waals surface area contributed by atoms with E-state index in [4.69, 9.17) is 4.74 Å². The number of nitrogens with zero attached hydrogens (tertiary/aromatic N) is 2. The SMILES string of the molecule is CC(C)Oc1ccccc1NC(=O)c1cnccn1. The first kappa shape index (κ1) is 13.0. The molecule has 1 N–H and O–H groups in total. The van der Waals surface area contributed by atoms with Gasteiger partial charge in [0.25, 0.3) is 5.91 Å². The van der Waals surface area contributed by atoms with E-state index in [1.807, 2.05) is 32.0 Å². The Morgan fingerprint density at radius 2 is 2.05 bits per heavy atom. The van der Waals surface area contributed by atoms with Gasteiger partial charge in [0.2, 0.25) is 0 Å². The van der Waals surface area contributed by atoms with Crippen molar-refractivity contribution in [2.24, 2.45) is 0 Å². The van der Waals surface area contributed by atoms with Crippen molar-refractivity contribution in [3.05, 3.63) is 48.5 Å². The molecule has 2 aromatic rings. The van der Waals surface area contributed by atoms with Gasteiger partial charge >= 0.3 is 0 Å². The lowest BCUT2D eigenvalue weighted by atomic mass is 10.2. The molecule has 0 bridgehead atoms. The lowest BCUT2D eigenvalue weighted by Crippen LogP contribution is -2.15. The molecule has 0 fully saturated rings. The molecular weight excluding hydrogens is 242 g/mol. The molecule has 0 aliphatic heterocycles. The molecule has 98 valence electrons. The summed E-state index contributed by atoms with van der Waals surface area (Å²) in [5.74, 6) is 0.322. The van der Waals surface area contributed by atoms with Crippen molar-refractivity contribution >= 4 is 11.6 Å². The van der Waals surface area contributed by atoms with Crippen molar-refractivity contribution in [1.82, 2.24) is 9.97 Å². The maximum Gasteiger partial charge on any atom is 0.275 e. The molecule has 19 heavy (non-hydrogen) atoms. The fourth-order valence-electron chi connectivity index (χ4n) is 1.53. The summed E-state index contributed by atoms with van der Waals surface area (Å²) in [5, 5.41) is 2.77. The zero-order chi connectivity index (χ0) is 13.7. The summed E-state index contributed by atoms with van der Waals surface area (Å²) in [5.41, 5.74) is 0.883. The van der Waals surface area contributed by atoms with Gasteiger partial charge in [-0.2, -0.15) is 0 Å². The Labute approximate surface area is 111 Å². The van der Waals surface area contributed by atoms with Gasteiger partial charge in [-0.3, -0.25) is 9.78 Å². The van der Waals surface area contributed by atoms with Crippen LogP contribution in [0.2, 0.25) is 0 Å². The molecule has 1 aromatic heterocycles. The Balaban J connectivity index is 2.17. The Morgan fingerprint density at radius 1 is 1.26 bits per heavy atom. The van der Waals surface area contributed by atoms with E-state index in [-0.39, 0.29) is 17.7 Å². The van der Waals surface area contributed by atoms with E-state index in [1.54, 1.807) is 6.07 Å². The maximum atomic E-state index is 12.0. The first-order valence-electron chi connectivity index (χ1n) is 6.00. The number of benzene rings is 1. The minimum atomic E-state index is -0.312. The molecular formula is C14H15N3O2. The monoisotopic (exact) mass is 257 g/mol. The molecule has 5 heteroatoms. The van der Waals surface area contributed by atoms with Crippen LogP contribution >= 0.6 is 0 Å². The minimum Gasteiger partial charge on any atom is -0.489 e. The van der Waals surface area contributed by atoms with E-state index in [2.05, 4.69) is 15.3 Å². The molecule has 0 spiro atoms. The minimum absolute atomic E-state index is 0.0366. The van der Waals surface area contributed by atoms with Crippen LogP contribution in [0.4, 0.5) is 5.69 Å². The normalized spacial score (nSPS) is 10.3. The van der Waals surface area contributed by atoms with Crippen LogP contribution in [0.5, 0.6) is 5.75 Å². The average molecular weight is 257 g/mol. The van der Waals surface area contributed by atoms with Gasteiger partial charge in [-0.1, -0.05) is 12.1 Å². The average Bonchev–Trinajstić information content (AvgIpc) is 2.41. The number of rotatable bonds is 4. The fraction of sp³-hybridized carbons (Fsp3) is 0.214. The molecule has 5 nitrogen and oxygen atoms in total. The highest BCUT2D eigenvalue weighted by molar-refractivity contribution is 6.03. The van der Waals surface area contributed by atoms with E-state index in [0.717, 1.165) is 0 Å². The van der Waals surface area contributed by atoms with Crippen LogP contribution in [0.25, 0.3) is 0 Å². The van der Waals surface area contributed by atoms with Crippen molar-refractivity contribution in [3.63, 3.8) is 0 Å². The van der Waals surface area contributed by atoms with Gasteiger partial charge in [-0.15, -0.1) is 0 Å². The van der Waals surface area contributed by atoms with E-state index in [0.29, 0.717) is 11.4 Å². The van der Waals surface area contributed by atoms with Gasteiger partial charge in [0.1, 0.15) is 11.4 Å². The Bertz CT molecular complexity index is 556. The van der Waals surface area contributed by atoms with Crippen LogP contribution < -0.4 is 10.1 Å². The zero-order valence-corrected chi connectivity index (χ0v) is 10.8. The van der Waals surface area contributed by atoms with E-state index in [1.165, 1.54) is 18.6 Å². The number of carbonyl (C=O) groups excluding carboxylic acids is 1. The third-order valence-corrected chi connectivity index (χ3v) is 2.29. The number of hydrogen-bond donors (Lipinski definition) is 1. The number of hydrogen-bond acceptors (Lipinski definition) is 4. The van der Waals surface area contributed by atoms with Gasteiger partial charge < -0.3 is 10.1 Å². The van der Waals surface area contributed by atoms with Crippen LogP contribution in [0.3, 0.4) is 0 Å². The Kier molecular flexibility index (Phi) is 4.07. The summed E-state index contributed by atoms with van der Waals surface area (Å²) < 4.78 is 5.63. The lowest BCUT2D eigenvalue weighted by Gasteiger charge is -2.14. The second-order valence-electron chi connectivity index (χ2n) is 4.21. The number of anilines is 1. The largest absolute Gasteiger partial charge is 0.489 e. The van der Waals surface area contributed by atoms with Crippen molar-refractivity contribution in [2.75, 3.05) is 5.32 Å². The molecule has 1 aromatic carbocycles. The number of aromatic nitrogens is 2. The van der Waals surface area contributed by atoms with Crippen LogP contribution in [0.1, 0.15) is 24.3 Å². The lowest BCUT2D eigenvalue weighted by molar-refractivity contribution is 0.102. The number of nitrogens with one attached hydrogen (secondary N) is 1. The van der Waals surface area contributed by atoms with E-state index >= 15 is 0 Å². The summed E-state index contributed by atoms with van der Waals surface area (Å²) in [6, 6.07) is 7.29.